The van der Waals surface area contributed by atoms with Gasteiger partial charge in [-0.1, -0.05) is 12.1 Å². The number of piperidine rings is 1. The van der Waals surface area contributed by atoms with Crippen LogP contribution in [0.3, 0.4) is 0 Å². The fourth-order valence-electron chi connectivity index (χ4n) is 2.49. The summed E-state index contributed by atoms with van der Waals surface area (Å²) in [5, 5.41) is 3.00. The van der Waals surface area contributed by atoms with Gasteiger partial charge in [-0.25, -0.2) is 0 Å². The maximum atomic E-state index is 11.6. The molecule has 0 radical (unpaired) electrons. The lowest BCUT2D eigenvalue weighted by Gasteiger charge is -2.34. The molecule has 2 rings (SSSR count). The Morgan fingerprint density at radius 1 is 1.40 bits per heavy atom. The number of rotatable bonds is 4. The number of anilines is 1. The summed E-state index contributed by atoms with van der Waals surface area (Å²) in [6, 6.07) is 7.81. The van der Waals surface area contributed by atoms with Gasteiger partial charge in [0.2, 0.25) is 5.91 Å². The van der Waals surface area contributed by atoms with Crippen LogP contribution in [0.1, 0.15) is 19.8 Å². The van der Waals surface area contributed by atoms with E-state index < -0.39 is 6.04 Å². The molecule has 1 fully saturated rings. The Morgan fingerprint density at radius 2 is 2.05 bits per heavy atom. The molecule has 5 heteroatoms. The number of amides is 1. The lowest BCUT2D eigenvalue weighted by Crippen LogP contribution is -2.48. The van der Waals surface area contributed by atoms with E-state index in [1.165, 1.54) is 0 Å². The Labute approximate surface area is 120 Å². The van der Waals surface area contributed by atoms with E-state index in [4.69, 9.17) is 10.5 Å². The van der Waals surface area contributed by atoms with Crippen LogP contribution >= 0.6 is 0 Å². The number of nitrogens with one attached hydrogen (secondary N) is 1. The van der Waals surface area contributed by atoms with E-state index in [-0.39, 0.29) is 11.9 Å². The number of nitrogens with two attached hydrogens (primary N) is 1. The highest BCUT2D eigenvalue weighted by molar-refractivity contribution is 5.81. The minimum Gasteiger partial charge on any atom is -0.495 e. The number of para-hydroxylation sites is 2. The molecule has 110 valence electrons. The molecule has 0 aromatic heterocycles. The van der Waals surface area contributed by atoms with Gasteiger partial charge in [-0.05, 0) is 31.9 Å². The van der Waals surface area contributed by atoms with Crippen molar-refractivity contribution in [2.24, 2.45) is 5.73 Å². The molecule has 1 aliphatic rings. The third-order valence-corrected chi connectivity index (χ3v) is 3.68. The second kappa shape index (κ2) is 6.61. The molecule has 0 bridgehead atoms. The number of carbonyl (C=O) groups excluding carboxylic acids is 1. The van der Waals surface area contributed by atoms with Crippen LogP contribution in [0, 0.1) is 0 Å². The Balaban J connectivity index is 1.92. The van der Waals surface area contributed by atoms with Gasteiger partial charge in [0, 0.05) is 19.1 Å². The summed E-state index contributed by atoms with van der Waals surface area (Å²) in [7, 11) is 1.69. The molecule has 1 atom stereocenters. The first-order valence-corrected chi connectivity index (χ1v) is 7.05. The fraction of sp³-hybridized carbons (Fsp3) is 0.533. The lowest BCUT2D eigenvalue weighted by atomic mass is 10.0. The Kier molecular flexibility index (Phi) is 4.84. The summed E-state index contributed by atoms with van der Waals surface area (Å²) in [6.45, 7) is 3.52. The van der Waals surface area contributed by atoms with Crippen LogP contribution in [0.2, 0.25) is 0 Å². The molecule has 3 N–H and O–H groups in total. The van der Waals surface area contributed by atoms with Crippen molar-refractivity contribution in [3.8, 4) is 5.75 Å². The van der Waals surface area contributed by atoms with Crippen molar-refractivity contribution in [2.45, 2.75) is 31.8 Å². The first-order chi connectivity index (χ1) is 9.61. The van der Waals surface area contributed by atoms with E-state index in [9.17, 15) is 4.79 Å². The van der Waals surface area contributed by atoms with Gasteiger partial charge >= 0.3 is 0 Å². The van der Waals surface area contributed by atoms with Gasteiger partial charge in [0.15, 0.2) is 0 Å². The standard InChI is InChI=1S/C15H23N3O2/c1-11(16)15(19)17-12-7-9-18(10-8-12)13-5-3-4-6-14(13)20-2/h3-6,11-12H,7-10,16H2,1-2H3,(H,17,19). The maximum absolute atomic E-state index is 11.6. The first-order valence-electron chi connectivity index (χ1n) is 7.05. The topological polar surface area (TPSA) is 67.6 Å². The lowest BCUT2D eigenvalue weighted by molar-refractivity contribution is -0.122. The van der Waals surface area contributed by atoms with Crippen molar-refractivity contribution in [1.29, 1.82) is 0 Å². The molecule has 1 amide bonds. The zero-order valence-corrected chi connectivity index (χ0v) is 12.1. The molecule has 1 aliphatic heterocycles. The van der Waals surface area contributed by atoms with Gasteiger partial charge in [-0.2, -0.15) is 0 Å². The van der Waals surface area contributed by atoms with Gasteiger partial charge in [0.25, 0.3) is 0 Å². The van der Waals surface area contributed by atoms with Crippen LogP contribution in [0.25, 0.3) is 0 Å². The third-order valence-electron chi connectivity index (χ3n) is 3.68. The Morgan fingerprint density at radius 3 is 2.65 bits per heavy atom. The van der Waals surface area contributed by atoms with Crippen LogP contribution in [0.4, 0.5) is 5.69 Å². The van der Waals surface area contributed by atoms with E-state index in [2.05, 4.69) is 16.3 Å². The molecule has 0 saturated carbocycles. The first kappa shape index (κ1) is 14.7. The molecule has 0 aliphatic carbocycles. The largest absolute Gasteiger partial charge is 0.495 e. The SMILES string of the molecule is COc1ccccc1N1CCC(NC(=O)C(C)N)CC1. The Bertz CT molecular complexity index is 454. The summed E-state index contributed by atoms with van der Waals surface area (Å²) >= 11 is 0. The van der Waals surface area contributed by atoms with E-state index in [1.807, 2.05) is 18.2 Å². The second-order valence-corrected chi connectivity index (χ2v) is 5.23. The van der Waals surface area contributed by atoms with Crippen LogP contribution in [-0.2, 0) is 4.79 Å². The molecule has 1 saturated heterocycles. The summed E-state index contributed by atoms with van der Waals surface area (Å²) in [5.74, 6) is 0.825. The van der Waals surface area contributed by atoms with Crippen LogP contribution < -0.4 is 20.7 Å². The molecular weight excluding hydrogens is 254 g/mol. The average molecular weight is 277 g/mol. The van der Waals surface area contributed by atoms with Gasteiger partial charge in [-0.3, -0.25) is 4.79 Å². The normalized spacial score (nSPS) is 17.6. The minimum atomic E-state index is -0.442. The number of hydrogen-bond acceptors (Lipinski definition) is 4. The van der Waals surface area contributed by atoms with Crippen molar-refractivity contribution >= 4 is 11.6 Å². The molecule has 0 spiro atoms. The van der Waals surface area contributed by atoms with Crippen LogP contribution in [0.15, 0.2) is 24.3 Å². The highest BCUT2D eigenvalue weighted by Gasteiger charge is 2.23. The molecular formula is C15H23N3O2. The van der Waals surface area contributed by atoms with Gasteiger partial charge in [0.1, 0.15) is 5.75 Å². The zero-order valence-electron chi connectivity index (χ0n) is 12.1. The van der Waals surface area contributed by atoms with Crippen molar-refractivity contribution in [3.05, 3.63) is 24.3 Å². The zero-order chi connectivity index (χ0) is 14.5. The molecule has 20 heavy (non-hydrogen) atoms. The van der Waals surface area contributed by atoms with Gasteiger partial charge in [0.05, 0.1) is 18.8 Å². The molecule has 5 nitrogen and oxygen atoms in total. The van der Waals surface area contributed by atoms with Crippen LogP contribution in [0.5, 0.6) is 5.75 Å². The molecule has 1 heterocycles. The van der Waals surface area contributed by atoms with Crippen molar-refractivity contribution < 1.29 is 9.53 Å². The maximum Gasteiger partial charge on any atom is 0.236 e. The number of methoxy groups -OCH3 is 1. The van der Waals surface area contributed by atoms with E-state index in [0.29, 0.717) is 0 Å². The average Bonchev–Trinajstić information content (AvgIpc) is 2.48. The third kappa shape index (κ3) is 3.42. The van der Waals surface area contributed by atoms with Crippen molar-refractivity contribution in [2.75, 3.05) is 25.1 Å². The van der Waals surface area contributed by atoms with E-state index in [0.717, 1.165) is 37.4 Å². The molecule has 1 aromatic carbocycles. The smallest absolute Gasteiger partial charge is 0.236 e. The Hall–Kier alpha value is -1.75. The monoisotopic (exact) mass is 277 g/mol. The fourth-order valence-corrected chi connectivity index (χ4v) is 2.49. The minimum absolute atomic E-state index is 0.0688. The predicted molar refractivity (Wildman–Crippen MR) is 80.0 cm³/mol. The molecule has 1 unspecified atom stereocenters. The summed E-state index contributed by atoms with van der Waals surface area (Å²) in [5.41, 5.74) is 6.69. The number of nitrogens with zero attached hydrogens (tertiary/aromatic N) is 1. The summed E-state index contributed by atoms with van der Waals surface area (Å²) in [4.78, 5) is 13.9. The number of benzene rings is 1. The van der Waals surface area contributed by atoms with E-state index >= 15 is 0 Å². The second-order valence-electron chi connectivity index (χ2n) is 5.23. The number of carbonyl (C=O) groups is 1. The summed E-state index contributed by atoms with van der Waals surface area (Å²) in [6.07, 6.45) is 1.85. The van der Waals surface area contributed by atoms with Crippen molar-refractivity contribution in [1.82, 2.24) is 5.32 Å². The summed E-state index contributed by atoms with van der Waals surface area (Å²) < 4.78 is 5.39. The van der Waals surface area contributed by atoms with Crippen molar-refractivity contribution in [3.63, 3.8) is 0 Å². The van der Waals surface area contributed by atoms with Gasteiger partial charge in [-0.15, -0.1) is 0 Å². The number of ether oxygens (including phenoxy) is 1. The highest BCUT2D eigenvalue weighted by Crippen LogP contribution is 2.29. The van der Waals surface area contributed by atoms with E-state index in [1.54, 1.807) is 14.0 Å². The predicted octanol–water partition coefficient (Wildman–Crippen LogP) is 1.13. The quantitative estimate of drug-likeness (QED) is 0.865. The molecule has 1 aromatic rings. The number of hydrogen-bond donors (Lipinski definition) is 2. The highest BCUT2D eigenvalue weighted by atomic mass is 16.5. The van der Waals surface area contributed by atoms with Crippen LogP contribution in [-0.4, -0.2) is 38.2 Å². The van der Waals surface area contributed by atoms with Gasteiger partial charge < -0.3 is 20.7 Å².